The van der Waals surface area contributed by atoms with Crippen molar-refractivity contribution in [1.29, 1.82) is 0 Å². The summed E-state index contributed by atoms with van der Waals surface area (Å²) in [5.74, 6) is 0.515. The molecule has 0 radical (unpaired) electrons. The summed E-state index contributed by atoms with van der Waals surface area (Å²) < 4.78 is 38.3. The van der Waals surface area contributed by atoms with Crippen molar-refractivity contribution in [2.45, 2.75) is 43.3 Å². The third-order valence-electron chi connectivity index (χ3n) is 6.44. The van der Waals surface area contributed by atoms with E-state index in [0.717, 1.165) is 0 Å². The summed E-state index contributed by atoms with van der Waals surface area (Å²) in [6.07, 6.45) is 0.664. The number of sulfone groups is 1. The molecule has 1 amide bonds. The first-order valence-corrected chi connectivity index (χ1v) is 12.7. The van der Waals surface area contributed by atoms with E-state index in [0.29, 0.717) is 54.6 Å². The van der Waals surface area contributed by atoms with E-state index in [1.54, 1.807) is 35.2 Å². The first kappa shape index (κ1) is 23.1. The first-order chi connectivity index (χ1) is 15.1. The Bertz CT molecular complexity index is 1120. The number of anilines is 1. The lowest BCUT2D eigenvalue weighted by molar-refractivity contribution is -0.127. The zero-order valence-electron chi connectivity index (χ0n) is 18.6. The molecule has 1 fully saturated rings. The fourth-order valence-corrected chi connectivity index (χ4v) is 6.71. The van der Waals surface area contributed by atoms with E-state index in [1.165, 1.54) is 0 Å². The Balaban J connectivity index is 1.85. The topological polar surface area (TPSA) is 72.9 Å². The van der Waals surface area contributed by atoms with Gasteiger partial charge in [0.15, 0.2) is 9.84 Å². The van der Waals surface area contributed by atoms with Crippen LogP contribution in [0.4, 0.5) is 5.69 Å². The summed E-state index contributed by atoms with van der Waals surface area (Å²) in [6.45, 7) is 7.04. The maximum atomic E-state index is 13.9. The average molecular weight is 478 g/mol. The molecule has 0 N–H and O–H groups in total. The molecule has 0 aromatic heterocycles. The molecule has 32 heavy (non-hydrogen) atoms. The minimum absolute atomic E-state index is 0.0129. The molecule has 0 spiro atoms. The van der Waals surface area contributed by atoms with E-state index < -0.39 is 20.0 Å². The quantitative estimate of drug-likeness (QED) is 0.643. The van der Waals surface area contributed by atoms with Crippen LogP contribution in [0.1, 0.15) is 39.2 Å². The first-order valence-electron chi connectivity index (χ1n) is 10.8. The van der Waals surface area contributed by atoms with Gasteiger partial charge in [-0.15, -0.1) is 0 Å². The van der Waals surface area contributed by atoms with Crippen molar-refractivity contribution in [2.75, 3.05) is 31.3 Å². The third kappa shape index (κ3) is 3.70. The van der Waals surface area contributed by atoms with Gasteiger partial charge in [0.1, 0.15) is 17.1 Å². The molecule has 1 saturated heterocycles. The highest BCUT2D eigenvalue weighted by Gasteiger charge is 2.48. The third-order valence-corrected chi connectivity index (χ3v) is 9.26. The molecule has 2 aliphatic heterocycles. The van der Waals surface area contributed by atoms with E-state index in [4.69, 9.17) is 21.1 Å². The normalized spacial score (nSPS) is 20.2. The van der Waals surface area contributed by atoms with Gasteiger partial charge in [0.25, 0.3) is 0 Å². The van der Waals surface area contributed by atoms with E-state index in [9.17, 15) is 13.2 Å². The lowest BCUT2D eigenvalue weighted by atomic mass is 9.90. The molecule has 2 aromatic rings. The second-order valence-electron chi connectivity index (χ2n) is 8.97. The van der Waals surface area contributed by atoms with Crippen LogP contribution in [0.25, 0.3) is 0 Å². The molecule has 2 aromatic carbocycles. The highest BCUT2D eigenvalue weighted by molar-refractivity contribution is 7.92. The number of amides is 1. The van der Waals surface area contributed by atoms with Crippen molar-refractivity contribution in [1.82, 2.24) is 0 Å². The number of ether oxygens (including phenoxy) is 2. The molecular formula is C24H28ClNO5S. The summed E-state index contributed by atoms with van der Waals surface area (Å²) in [5.41, 5.74) is 0.636. The van der Waals surface area contributed by atoms with Crippen LogP contribution >= 0.6 is 11.6 Å². The fraction of sp³-hybridized carbons (Fsp3) is 0.458. The highest BCUT2D eigenvalue weighted by Crippen LogP contribution is 2.47. The lowest BCUT2D eigenvalue weighted by Crippen LogP contribution is -2.42. The number of fused-ring (bicyclic) bond motifs is 1. The van der Waals surface area contributed by atoms with Crippen LogP contribution < -0.4 is 9.64 Å². The fourth-order valence-electron chi connectivity index (χ4n) is 4.50. The predicted octanol–water partition coefficient (Wildman–Crippen LogP) is 4.59. The van der Waals surface area contributed by atoms with Crippen molar-refractivity contribution in [2.24, 2.45) is 5.41 Å². The molecule has 8 heteroatoms. The van der Waals surface area contributed by atoms with E-state index in [1.807, 2.05) is 32.9 Å². The number of carbonyl (C=O) groups is 1. The minimum Gasteiger partial charge on any atom is -0.490 e. The molecule has 0 atom stereocenters. The molecule has 0 saturated carbocycles. The highest BCUT2D eigenvalue weighted by atomic mass is 35.5. The second kappa shape index (κ2) is 8.36. The van der Waals surface area contributed by atoms with Crippen LogP contribution in [0, 0.1) is 5.41 Å². The minimum atomic E-state index is -3.76. The molecule has 0 aliphatic carbocycles. The van der Waals surface area contributed by atoms with Crippen LogP contribution in [0.5, 0.6) is 5.75 Å². The van der Waals surface area contributed by atoms with Gasteiger partial charge in [0, 0.05) is 24.8 Å². The van der Waals surface area contributed by atoms with Gasteiger partial charge in [-0.25, -0.2) is 8.42 Å². The van der Waals surface area contributed by atoms with Crippen molar-refractivity contribution in [3.63, 3.8) is 0 Å². The number of rotatable bonds is 4. The second-order valence-corrected chi connectivity index (χ2v) is 11.7. The van der Waals surface area contributed by atoms with Crippen molar-refractivity contribution < 1.29 is 22.7 Å². The van der Waals surface area contributed by atoms with Crippen LogP contribution in [-0.2, 0) is 24.1 Å². The van der Waals surface area contributed by atoms with Gasteiger partial charge in [0.05, 0.1) is 16.0 Å². The SMILES string of the molecule is CCN1C(=O)C(C)(C)COc2cc(C3(S(=O)(=O)c4ccc(Cl)cc4)CCOCC3)ccc21. The zero-order chi connectivity index (χ0) is 23.1. The maximum absolute atomic E-state index is 13.9. The van der Waals surface area contributed by atoms with Gasteiger partial charge in [-0.3, -0.25) is 4.79 Å². The van der Waals surface area contributed by atoms with E-state index >= 15 is 0 Å². The number of halogens is 1. The maximum Gasteiger partial charge on any atom is 0.236 e. The zero-order valence-corrected chi connectivity index (χ0v) is 20.1. The molecule has 0 unspecified atom stereocenters. The van der Waals surface area contributed by atoms with Gasteiger partial charge < -0.3 is 14.4 Å². The summed E-state index contributed by atoms with van der Waals surface area (Å²) in [7, 11) is -3.76. The number of benzene rings is 2. The number of nitrogens with zero attached hydrogens (tertiary/aromatic N) is 1. The Morgan fingerprint density at radius 1 is 1.06 bits per heavy atom. The van der Waals surface area contributed by atoms with Gasteiger partial charge in [-0.1, -0.05) is 17.7 Å². The molecule has 0 bridgehead atoms. The van der Waals surface area contributed by atoms with Crippen LogP contribution in [-0.4, -0.2) is 40.7 Å². The van der Waals surface area contributed by atoms with Crippen molar-refractivity contribution >= 4 is 33.0 Å². The van der Waals surface area contributed by atoms with Gasteiger partial charge >= 0.3 is 0 Å². The molecule has 6 nitrogen and oxygen atoms in total. The number of hydrogen-bond donors (Lipinski definition) is 0. The van der Waals surface area contributed by atoms with Gasteiger partial charge in [0.2, 0.25) is 5.91 Å². The summed E-state index contributed by atoms with van der Waals surface area (Å²) in [5, 5.41) is 0.482. The number of hydrogen-bond acceptors (Lipinski definition) is 5. The number of carbonyl (C=O) groups excluding carboxylic acids is 1. The Labute approximate surface area is 194 Å². The van der Waals surface area contributed by atoms with Crippen LogP contribution in [0.3, 0.4) is 0 Å². The molecule has 2 heterocycles. The predicted molar refractivity (Wildman–Crippen MR) is 124 cm³/mol. The van der Waals surface area contributed by atoms with Crippen LogP contribution in [0.2, 0.25) is 5.02 Å². The molecule has 2 aliphatic rings. The molecule has 4 rings (SSSR count). The van der Waals surface area contributed by atoms with E-state index in [-0.39, 0.29) is 17.4 Å². The smallest absolute Gasteiger partial charge is 0.236 e. The Morgan fingerprint density at radius 2 is 1.72 bits per heavy atom. The monoisotopic (exact) mass is 477 g/mol. The Morgan fingerprint density at radius 3 is 2.34 bits per heavy atom. The Hall–Kier alpha value is -2.09. The molecular weight excluding hydrogens is 450 g/mol. The Kier molecular flexibility index (Phi) is 6.03. The van der Waals surface area contributed by atoms with E-state index in [2.05, 4.69) is 0 Å². The van der Waals surface area contributed by atoms with Crippen molar-refractivity contribution in [3.8, 4) is 5.75 Å². The van der Waals surface area contributed by atoms with Crippen LogP contribution in [0.15, 0.2) is 47.4 Å². The largest absolute Gasteiger partial charge is 0.490 e. The summed E-state index contributed by atoms with van der Waals surface area (Å²) in [6, 6.07) is 11.7. The van der Waals surface area contributed by atoms with Crippen molar-refractivity contribution in [3.05, 3.63) is 53.1 Å². The lowest BCUT2D eigenvalue weighted by Gasteiger charge is -2.37. The summed E-state index contributed by atoms with van der Waals surface area (Å²) >= 11 is 5.99. The van der Waals surface area contributed by atoms with Gasteiger partial charge in [-0.05, 0) is 75.6 Å². The molecule has 172 valence electrons. The summed E-state index contributed by atoms with van der Waals surface area (Å²) in [4.78, 5) is 14.9. The average Bonchev–Trinajstić information content (AvgIpc) is 2.88. The van der Waals surface area contributed by atoms with Gasteiger partial charge in [-0.2, -0.15) is 0 Å². The standard InChI is InChI=1S/C24H28ClNO5S/c1-4-26-20-10-5-17(15-21(20)31-16-23(2,3)22(26)27)24(11-13-30-14-12-24)32(28,29)19-8-6-18(25)7-9-19/h5-10,15H,4,11-14,16H2,1-3H3.